The van der Waals surface area contributed by atoms with Crippen LogP contribution in [0, 0.1) is 0 Å². The first-order valence-corrected chi connectivity index (χ1v) is 8.44. The Balaban J connectivity index is 1.89. The van der Waals surface area contributed by atoms with Gasteiger partial charge in [0.05, 0.1) is 12.7 Å². The van der Waals surface area contributed by atoms with Crippen molar-refractivity contribution in [2.45, 2.75) is 6.17 Å². The number of rotatable bonds is 3. The maximum absolute atomic E-state index is 13.3. The van der Waals surface area contributed by atoms with Gasteiger partial charge in [-0.15, -0.1) is 0 Å². The molecule has 0 spiro atoms. The molecule has 1 atom stereocenters. The lowest BCUT2D eigenvalue weighted by Crippen LogP contribution is -2.43. The molecule has 4 rings (SSSR count). The van der Waals surface area contributed by atoms with Crippen LogP contribution in [0.1, 0.15) is 22.1 Å². The number of methoxy groups -OCH3 is 1. The molecule has 1 aliphatic rings. The Morgan fingerprint density at radius 3 is 2.44 bits per heavy atom. The van der Waals surface area contributed by atoms with Crippen molar-refractivity contribution in [3.63, 3.8) is 0 Å². The van der Waals surface area contributed by atoms with Gasteiger partial charge in [-0.1, -0.05) is 30.3 Å². The van der Waals surface area contributed by atoms with Gasteiger partial charge in [0, 0.05) is 16.9 Å². The number of nitrogens with zero attached hydrogens (tertiary/aromatic N) is 1. The van der Waals surface area contributed by atoms with Crippen molar-refractivity contribution in [1.29, 1.82) is 0 Å². The van der Waals surface area contributed by atoms with Crippen molar-refractivity contribution in [3.8, 4) is 17.2 Å². The third kappa shape index (κ3) is 2.81. The average molecular weight is 362 g/mol. The third-order valence-corrected chi connectivity index (χ3v) is 4.57. The first-order valence-electron chi connectivity index (χ1n) is 8.44. The maximum atomic E-state index is 13.3. The molecule has 1 aliphatic heterocycles. The number of phenols is 2. The van der Waals surface area contributed by atoms with Crippen LogP contribution in [-0.2, 0) is 0 Å². The van der Waals surface area contributed by atoms with E-state index in [1.807, 2.05) is 48.5 Å². The highest BCUT2D eigenvalue weighted by Gasteiger charge is 2.34. The average Bonchev–Trinajstić information content (AvgIpc) is 2.70. The van der Waals surface area contributed by atoms with E-state index in [2.05, 4.69) is 5.32 Å². The van der Waals surface area contributed by atoms with Crippen molar-refractivity contribution < 1.29 is 19.7 Å². The molecule has 0 aromatic heterocycles. The SMILES string of the molecule is COc1cc(C2Nc3ccccc3C(=O)N2c2ccccc2)cc(O)c1O. The Morgan fingerprint density at radius 1 is 1.00 bits per heavy atom. The van der Waals surface area contributed by atoms with Gasteiger partial charge >= 0.3 is 0 Å². The molecule has 0 bridgehead atoms. The zero-order valence-corrected chi connectivity index (χ0v) is 14.6. The predicted molar refractivity (Wildman–Crippen MR) is 102 cm³/mol. The molecule has 1 heterocycles. The van der Waals surface area contributed by atoms with Crippen LogP contribution in [0.3, 0.4) is 0 Å². The zero-order valence-electron chi connectivity index (χ0n) is 14.6. The van der Waals surface area contributed by atoms with Crippen LogP contribution in [-0.4, -0.2) is 23.2 Å². The molecule has 0 aliphatic carbocycles. The summed E-state index contributed by atoms with van der Waals surface area (Å²) in [6, 6.07) is 19.6. The van der Waals surface area contributed by atoms with E-state index in [0.29, 0.717) is 22.5 Å². The summed E-state index contributed by atoms with van der Waals surface area (Å²) in [5.74, 6) is -0.682. The minimum absolute atomic E-state index is 0.131. The minimum Gasteiger partial charge on any atom is -0.504 e. The van der Waals surface area contributed by atoms with Crippen LogP contribution in [0.2, 0.25) is 0 Å². The number of amides is 1. The van der Waals surface area contributed by atoms with E-state index in [-0.39, 0.29) is 23.2 Å². The number of benzene rings is 3. The van der Waals surface area contributed by atoms with E-state index >= 15 is 0 Å². The topological polar surface area (TPSA) is 82.0 Å². The highest BCUT2D eigenvalue weighted by atomic mass is 16.5. The fourth-order valence-corrected chi connectivity index (χ4v) is 3.27. The molecule has 136 valence electrons. The number of carbonyl (C=O) groups excluding carboxylic acids is 1. The van der Waals surface area contributed by atoms with E-state index in [1.165, 1.54) is 13.2 Å². The highest BCUT2D eigenvalue weighted by Crippen LogP contribution is 2.42. The molecule has 1 unspecified atom stereocenters. The molecule has 0 fully saturated rings. The van der Waals surface area contributed by atoms with Gasteiger partial charge < -0.3 is 20.3 Å². The van der Waals surface area contributed by atoms with Gasteiger partial charge in [0.1, 0.15) is 6.17 Å². The Hall–Kier alpha value is -3.67. The van der Waals surface area contributed by atoms with Crippen LogP contribution in [0.5, 0.6) is 17.2 Å². The van der Waals surface area contributed by atoms with Crippen molar-refractivity contribution in [2.24, 2.45) is 0 Å². The second-order valence-corrected chi connectivity index (χ2v) is 6.19. The zero-order chi connectivity index (χ0) is 19.0. The molecular formula is C21H18N2O4. The number of ether oxygens (including phenoxy) is 1. The number of carbonyl (C=O) groups is 1. The van der Waals surface area contributed by atoms with E-state index in [0.717, 1.165) is 0 Å². The van der Waals surface area contributed by atoms with Crippen molar-refractivity contribution >= 4 is 17.3 Å². The van der Waals surface area contributed by atoms with Crippen LogP contribution in [0.4, 0.5) is 11.4 Å². The number of phenolic OH excluding ortho intramolecular Hbond substituents is 2. The van der Waals surface area contributed by atoms with Gasteiger partial charge in [-0.25, -0.2) is 0 Å². The molecule has 0 saturated carbocycles. The lowest BCUT2D eigenvalue weighted by Gasteiger charge is -2.38. The number of nitrogens with one attached hydrogen (secondary N) is 1. The Bertz CT molecular complexity index is 1000. The quantitative estimate of drug-likeness (QED) is 0.616. The van der Waals surface area contributed by atoms with Gasteiger partial charge in [-0.05, 0) is 36.4 Å². The van der Waals surface area contributed by atoms with Crippen LogP contribution in [0.25, 0.3) is 0 Å². The monoisotopic (exact) mass is 362 g/mol. The Kier molecular flexibility index (Phi) is 4.08. The lowest BCUT2D eigenvalue weighted by atomic mass is 10.0. The maximum Gasteiger partial charge on any atom is 0.262 e. The normalized spacial score (nSPS) is 15.8. The van der Waals surface area contributed by atoms with Crippen LogP contribution in [0.15, 0.2) is 66.7 Å². The minimum atomic E-state index is -0.588. The first-order chi connectivity index (χ1) is 13.1. The Labute approximate surface area is 156 Å². The summed E-state index contributed by atoms with van der Waals surface area (Å²) in [6.45, 7) is 0. The Morgan fingerprint density at radius 2 is 1.70 bits per heavy atom. The molecule has 27 heavy (non-hydrogen) atoms. The fraction of sp³-hybridized carbons (Fsp3) is 0.0952. The number of hydrogen-bond donors (Lipinski definition) is 3. The number of aromatic hydroxyl groups is 2. The second-order valence-electron chi connectivity index (χ2n) is 6.19. The summed E-state index contributed by atoms with van der Waals surface area (Å²) in [4.78, 5) is 14.9. The number of anilines is 2. The predicted octanol–water partition coefficient (Wildman–Crippen LogP) is 3.88. The summed E-state index contributed by atoms with van der Waals surface area (Å²) in [6.07, 6.45) is -0.588. The molecule has 0 saturated heterocycles. The van der Waals surface area contributed by atoms with Gasteiger partial charge in [0.2, 0.25) is 5.75 Å². The largest absolute Gasteiger partial charge is 0.504 e. The van der Waals surface area contributed by atoms with Crippen molar-refractivity contribution in [2.75, 3.05) is 17.3 Å². The molecule has 0 radical (unpaired) electrons. The molecule has 1 amide bonds. The summed E-state index contributed by atoms with van der Waals surface area (Å²) >= 11 is 0. The van der Waals surface area contributed by atoms with Gasteiger partial charge in [-0.2, -0.15) is 0 Å². The number of fused-ring (bicyclic) bond motifs is 1. The van der Waals surface area contributed by atoms with E-state index < -0.39 is 6.17 Å². The van der Waals surface area contributed by atoms with Crippen LogP contribution >= 0.6 is 0 Å². The standard InChI is InChI=1S/C21H18N2O4/c1-27-18-12-13(11-17(24)19(18)25)20-22-16-10-6-5-9-15(16)21(26)23(20)14-7-3-2-4-8-14/h2-12,20,22,24-25H,1H3. The lowest BCUT2D eigenvalue weighted by molar-refractivity contribution is 0.0975. The molecule has 6 nitrogen and oxygen atoms in total. The summed E-state index contributed by atoms with van der Waals surface area (Å²) in [5, 5.41) is 23.4. The van der Waals surface area contributed by atoms with Crippen molar-refractivity contribution in [3.05, 3.63) is 77.9 Å². The van der Waals surface area contributed by atoms with Crippen LogP contribution < -0.4 is 15.0 Å². The fourth-order valence-electron chi connectivity index (χ4n) is 3.27. The van der Waals surface area contributed by atoms with Gasteiger partial charge in [0.15, 0.2) is 11.5 Å². The van der Waals surface area contributed by atoms with E-state index in [9.17, 15) is 15.0 Å². The molecular weight excluding hydrogens is 344 g/mol. The molecule has 6 heteroatoms. The van der Waals surface area contributed by atoms with E-state index in [4.69, 9.17) is 4.74 Å². The van der Waals surface area contributed by atoms with Gasteiger partial charge in [0.25, 0.3) is 5.91 Å². The van der Waals surface area contributed by atoms with Crippen molar-refractivity contribution in [1.82, 2.24) is 0 Å². The summed E-state index contributed by atoms with van der Waals surface area (Å²) < 4.78 is 5.15. The summed E-state index contributed by atoms with van der Waals surface area (Å²) in [5.41, 5.74) is 2.55. The number of para-hydroxylation sites is 2. The highest BCUT2D eigenvalue weighted by molar-refractivity contribution is 6.12. The molecule has 3 aromatic carbocycles. The van der Waals surface area contributed by atoms with E-state index in [1.54, 1.807) is 17.0 Å². The summed E-state index contributed by atoms with van der Waals surface area (Å²) in [7, 11) is 1.40. The second kappa shape index (κ2) is 6.57. The molecule has 3 aromatic rings. The molecule has 3 N–H and O–H groups in total. The number of hydrogen-bond acceptors (Lipinski definition) is 5. The van der Waals surface area contributed by atoms with Gasteiger partial charge in [-0.3, -0.25) is 9.69 Å². The first kappa shape index (κ1) is 16.8. The smallest absolute Gasteiger partial charge is 0.262 e. The third-order valence-electron chi connectivity index (χ3n) is 4.57.